The smallest absolute Gasteiger partial charge is 0.152 e. The van der Waals surface area contributed by atoms with Crippen LogP contribution in [0.4, 0.5) is 0 Å². The maximum atomic E-state index is 11.9. The molecule has 4 nitrogen and oxygen atoms in total. The Kier molecular flexibility index (Phi) is 6.61. The van der Waals surface area contributed by atoms with Gasteiger partial charge < -0.3 is 9.47 Å². The molecule has 0 aromatic carbocycles. The quantitative estimate of drug-likeness (QED) is 0.581. The Morgan fingerprint density at radius 2 is 2.31 bits per heavy atom. The molecular weight excluding hydrogens is 206 g/mol. The third-order valence-corrected chi connectivity index (χ3v) is 2.97. The molecule has 0 aromatic rings. The SMILES string of the molecule is CCOCCN(CC)CC(=O)C1CCOC1. The first-order chi connectivity index (χ1) is 7.77. The molecule has 1 heterocycles. The summed E-state index contributed by atoms with van der Waals surface area (Å²) in [6.07, 6.45) is 0.891. The normalized spacial score (nSPS) is 20.6. The fourth-order valence-corrected chi connectivity index (χ4v) is 1.82. The lowest BCUT2D eigenvalue weighted by molar-refractivity contribution is -0.124. The van der Waals surface area contributed by atoms with Gasteiger partial charge in [0.15, 0.2) is 5.78 Å². The molecule has 0 aliphatic carbocycles. The molecule has 1 fully saturated rings. The number of nitrogens with zero attached hydrogens (tertiary/aromatic N) is 1. The zero-order valence-corrected chi connectivity index (χ0v) is 10.4. The molecule has 4 heteroatoms. The molecule has 0 bridgehead atoms. The third-order valence-electron chi connectivity index (χ3n) is 2.97. The van der Waals surface area contributed by atoms with Gasteiger partial charge in [0, 0.05) is 25.7 Å². The average Bonchev–Trinajstić information content (AvgIpc) is 2.81. The summed E-state index contributed by atoms with van der Waals surface area (Å²) in [7, 11) is 0. The van der Waals surface area contributed by atoms with Crippen LogP contribution in [0.1, 0.15) is 20.3 Å². The van der Waals surface area contributed by atoms with E-state index in [1.807, 2.05) is 6.92 Å². The maximum absolute atomic E-state index is 11.9. The number of carbonyl (C=O) groups is 1. The van der Waals surface area contributed by atoms with Crippen molar-refractivity contribution in [2.75, 3.05) is 46.1 Å². The van der Waals surface area contributed by atoms with Gasteiger partial charge in [-0.25, -0.2) is 0 Å². The lowest BCUT2D eigenvalue weighted by atomic mass is 10.0. The van der Waals surface area contributed by atoms with Crippen LogP contribution in [0.2, 0.25) is 0 Å². The van der Waals surface area contributed by atoms with E-state index in [9.17, 15) is 4.79 Å². The molecule has 0 saturated carbocycles. The Labute approximate surface area is 97.9 Å². The molecular formula is C12H23NO3. The Balaban J connectivity index is 2.22. The van der Waals surface area contributed by atoms with Crippen LogP contribution in [0.3, 0.4) is 0 Å². The summed E-state index contributed by atoms with van der Waals surface area (Å²) in [4.78, 5) is 14.0. The summed E-state index contributed by atoms with van der Waals surface area (Å²) in [5.74, 6) is 0.442. The van der Waals surface area contributed by atoms with Gasteiger partial charge in [-0.15, -0.1) is 0 Å². The molecule has 1 aliphatic heterocycles. The number of Topliss-reactive ketones (excluding diaryl/α,β-unsaturated/α-hetero) is 1. The molecule has 1 rings (SSSR count). The van der Waals surface area contributed by atoms with Gasteiger partial charge in [-0.3, -0.25) is 9.69 Å². The molecule has 1 aliphatic rings. The maximum Gasteiger partial charge on any atom is 0.152 e. The monoisotopic (exact) mass is 229 g/mol. The summed E-state index contributed by atoms with van der Waals surface area (Å²) in [6.45, 7) is 9.12. The van der Waals surface area contributed by atoms with Crippen LogP contribution >= 0.6 is 0 Å². The van der Waals surface area contributed by atoms with Crippen molar-refractivity contribution in [1.29, 1.82) is 0 Å². The zero-order valence-electron chi connectivity index (χ0n) is 10.4. The van der Waals surface area contributed by atoms with Crippen LogP contribution in [0, 0.1) is 5.92 Å². The second-order valence-electron chi connectivity index (χ2n) is 4.09. The number of ketones is 1. The van der Waals surface area contributed by atoms with Crippen LogP contribution in [0.25, 0.3) is 0 Å². The second-order valence-corrected chi connectivity index (χ2v) is 4.09. The summed E-state index contributed by atoms with van der Waals surface area (Å²) < 4.78 is 10.5. The van der Waals surface area contributed by atoms with Gasteiger partial charge in [-0.1, -0.05) is 6.92 Å². The van der Waals surface area contributed by atoms with Crippen molar-refractivity contribution in [3.63, 3.8) is 0 Å². The molecule has 1 atom stereocenters. The van der Waals surface area contributed by atoms with Crippen LogP contribution < -0.4 is 0 Å². The molecule has 0 N–H and O–H groups in total. The Morgan fingerprint density at radius 3 is 2.88 bits per heavy atom. The molecule has 0 radical (unpaired) electrons. The minimum absolute atomic E-state index is 0.126. The van der Waals surface area contributed by atoms with Gasteiger partial charge in [-0.05, 0) is 19.9 Å². The summed E-state index contributed by atoms with van der Waals surface area (Å²) >= 11 is 0. The van der Waals surface area contributed by atoms with Crippen molar-refractivity contribution < 1.29 is 14.3 Å². The molecule has 1 unspecified atom stereocenters. The van der Waals surface area contributed by atoms with Gasteiger partial charge in [-0.2, -0.15) is 0 Å². The van der Waals surface area contributed by atoms with Gasteiger partial charge in [0.25, 0.3) is 0 Å². The van der Waals surface area contributed by atoms with Crippen LogP contribution in [-0.2, 0) is 14.3 Å². The van der Waals surface area contributed by atoms with Crippen molar-refractivity contribution in [3.05, 3.63) is 0 Å². The van der Waals surface area contributed by atoms with Crippen molar-refractivity contribution in [2.45, 2.75) is 20.3 Å². The number of carbonyl (C=O) groups excluding carboxylic acids is 1. The van der Waals surface area contributed by atoms with E-state index in [4.69, 9.17) is 9.47 Å². The highest BCUT2D eigenvalue weighted by molar-refractivity contribution is 5.83. The van der Waals surface area contributed by atoms with E-state index in [1.165, 1.54) is 0 Å². The van der Waals surface area contributed by atoms with Crippen molar-refractivity contribution in [3.8, 4) is 0 Å². The topological polar surface area (TPSA) is 38.8 Å². The van der Waals surface area contributed by atoms with Gasteiger partial charge in [0.2, 0.25) is 0 Å². The predicted octanol–water partition coefficient (Wildman–Crippen LogP) is 0.950. The molecule has 0 aromatic heterocycles. The molecule has 0 spiro atoms. The highest BCUT2D eigenvalue weighted by Gasteiger charge is 2.24. The lowest BCUT2D eigenvalue weighted by Gasteiger charge is -2.20. The first-order valence-electron chi connectivity index (χ1n) is 6.18. The fourth-order valence-electron chi connectivity index (χ4n) is 1.82. The number of likely N-dealkylation sites (N-methyl/N-ethyl adjacent to an activating group) is 1. The molecule has 0 amide bonds. The first kappa shape index (κ1) is 13.6. The van der Waals surface area contributed by atoms with E-state index < -0.39 is 0 Å². The van der Waals surface area contributed by atoms with Gasteiger partial charge >= 0.3 is 0 Å². The Hall–Kier alpha value is -0.450. The minimum Gasteiger partial charge on any atom is -0.381 e. The second kappa shape index (κ2) is 7.76. The third kappa shape index (κ3) is 4.60. The average molecular weight is 229 g/mol. The van der Waals surface area contributed by atoms with E-state index in [0.29, 0.717) is 25.5 Å². The van der Waals surface area contributed by atoms with Crippen LogP contribution in [0.15, 0.2) is 0 Å². The Morgan fingerprint density at radius 1 is 1.50 bits per heavy atom. The summed E-state index contributed by atoms with van der Waals surface area (Å²) in [5, 5.41) is 0. The largest absolute Gasteiger partial charge is 0.381 e. The van der Waals surface area contributed by atoms with E-state index in [1.54, 1.807) is 0 Å². The number of hydrogen-bond donors (Lipinski definition) is 0. The number of rotatable bonds is 8. The molecule has 94 valence electrons. The van der Waals surface area contributed by atoms with Crippen LogP contribution in [0.5, 0.6) is 0 Å². The molecule has 1 saturated heterocycles. The lowest BCUT2D eigenvalue weighted by Crippen LogP contribution is -2.35. The predicted molar refractivity (Wildman–Crippen MR) is 62.5 cm³/mol. The van der Waals surface area contributed by atoms with Crippen molar-refractivity contribution in [1.82, 2.24) is 4.90 Å². The standard InChI is InChI=1S/C12H23NO3/c1-3-13(6-8-15-4-2)9-12(14)11-5-7-16-10-11/h11H,3-10H2,1-2H3. The van der Waals surface area contributed by atoms with E-state index >= 15 is 0 Å². The summed E-state index contributed by atoms with van der Waals surface area (Å²) in [5.41, 5.74) is 0. The van der Waals surface area contributed by atoms with E-state index in [2.05, 4.69) is 11.8 Å². The minimum atomic E-state index is 0.126. The molecule has 16 heavy (non-hydrogen) atoms. The van der Waals surface area contributed by atoms with Crippen molar-refractivity contribution >= 4 is 5.78 Å². The van der Waals surface area contributed by atoms with Gasteiger partial charge in [0.1, 0.15) is 0 Å². The van der Waals surface area contributed by atoms with E-state index in [0.717, 1.165) is 32.7 Å². The van der Waals surface area contributed by atoms with Crippen LogP contribution in [-0.4, -0.2) is 56.7 Å². The van der Waals surface area contributed by atoms with E-state index in [-0.39, 0.29) is 5.92 Å². The highest BCUT2D eigenvalue weighted by atomic mass is 16.5. The van der Waals surface area contributed by atoms with Crippen molar-refractivity contribution in [2.24, 2.45) is 5.92 Å². The zero-order chi connectivity index (χ0) is 11.8. The highest BCUT2D eigenvalue weighted by Crippen LogP contribution is 2.13. The van der Waals surface area contributed by atoms with Gasteiger partial charge in [0.05, 0.1) is 19.8 Å². The fraction of sp³-hybridized carbons (Fsp3) is 0.917. The first-order valence-corrected chi connectivity index (χ1v) is 6.18. The Bertz CT molecular complexity index is 202. The number of hydrogen-bond acceptors (Lipinski definition) is 4. The summed E-state index contributed by atoms with van der Waals surface area (Å²) in [6, 6.07) is 0. The number of ether oxygens (including phenoxy) is 2.